The van der Waals surface area contributed by atoms with E-state index in [9.17, 15) is 18.5 Å². The fourth-order valence-electron chi connectivity index (χ4n) is 3.73. The molecule has 0 atom stereocenters. The Hall–Kier alpha value is -3.70. The van der Waals surface area contributed by atoms with Gasteiger partial charge in [0.1, 0.15) is 0 Å². The van der Waals surface area contributed by atoms with Crippen LogP contribution in [0.25, 0.3) is 11.3 Å². The lowest BCUT2D eigenvalue weighted by molar-refractivity contribution is 0.0600. The van der Waals surface area contributed by atoms with E-state index in [0.717, 1.165) is 12.8 Å². The maximum atomic E-state index is 13.5. The molecule has 3 aromatic rings. The summed E-state index contributed by atoms with van der Waals surface area (Å²) in [5, 5.41) is 9.42. The third kappa shape index (κ3) is 4.20. The van der Waals surface area contributed by atoms with Crippen molar-refractivity contribution in [2.75, 3.05) is 11.8 Å². The zero-order valence-electron chi connectivity index (χ0n) is 17.6. The number of nitrogens with zero attached hydrogens (tertiary/aromatic N) is 2. The second kappa shape index (κ2) is 8.44. The van der Waals surface area contributed by atoms with Crippen molar-refractivity contribution in [1.29, 1.82) is 5.26 Å². The monoisotopic (exact) mass is 447 g/mol. The average molecular weight is 448 g/mol. The third-order valence-corrected chi connectivity index (χ3v) is 6.79. The number of hydrogen-bond acceptors (Lipinski definition) is 6. The van der Waals surface area contributed by atoms with Crippen molar-refractivity contribution in [2.45, 2.75) is 30.6 Å². The van der Waals surface area contributed by atoms with Crippen molar-refractivity contribution in [2.24, 2.45) is 0 Å². The minimum Gasteiger partial charge on any atom is -0.465 e. The molecule has 8 heteroatoms. The smallest absolute Gasteiger partial charge is 0.337 e. The van der Waals surface area contributed by atoms with Gasteiger partial charge >= 0.3 is 5.97 Å². The molecular formula is C24H21N3O4S. The molecule has 32 heavy (non-hydrogen) atoms. The number of ether oxygens (including phenoxy) is 1. The van der Waals surface area contributed by atoms with E-state index in [1.165, 1.54) is 19.2 Å². The van der Waals surface area contributed by atoms with Gasteiger partial charge in [0, 0.05) is 11.8 Å². The number of esters is 1. The van der Waals surface area contributed by atoms with Crippen LogP contribution in [0, 0.1) is 18.3 Å². The van der Waals surface area contributed by atoms with Gasteiger partial charge < -0.3 is 4.74 Å². The van der Waals surface area contributed by atoms with Crippen LogP contribution in [-0.4, -0.2) is 26.5 Å². The minimum atomic E-state index is -4.08. The van der Waals surface area contributed by atoms with E-state index in [2.05, 4.69) is 15.8 Å². The van der Waals surface area contributed by atoms with Crippen LogP contribution < -0.4 is 4.72 Å². The normalized spacial score (nSPS) is 13.3. The predicted molar refractivity (Wildman–Crippen MR) is 120 cm³/mol. The molecule has 0 saturated heterocycles. The molecule has 4 rings (SSSR count). The molecule has 0 spiro atoms. The number of carbonyl (C=O) groups is 1. The summed E-state index contributed by atoms with van der Waals surface area (Å²) >= 11 is 0. The highest BCUT2D eigenvalue weighted by molar-refractivity contribution is 7.92. The summed E-state index contributed by atoms with van der Waals surface area (Å²) in [4.78, 5) is 16.4. The van der Waals surface area contributed by atoms with Gasteiger partial charge in [-0.3, -0.25) is 9.71 Å². The quantitative estimate of drug-likeness (QED) is 0.561. The number of aromatic nitrogens is 1. The van der Waals surface area contributed by atoms with Crippen molar-refractivity contribution >= 4 is 21.7 Å². The van der Waals surface area contributed by atoms with E-state index >= 15 is 0 Å². The Bertz CT molecular complexity index is 1340. The van der Waals surface area contributed by atoms with Crippen LogP contribution in [0.5, 0.6) is 0 Å². The number of rotatable bonds is 6. The van der Waals surface area contributed by atoms with Gasteiger partial charge in [-0.05, 0) is 73.2 Å². The molecule has 1 aliphatic carbocycles. The highest BCUT2D eigenvalue weighted by Crippen LogP contribution is 2.44. The first-order chi connectivity index (χ1) is 15.3. The van der Waals surface area contributed by atoms with Gasteiger partial charge in [-0.1, -0.05) is 12.1 Å². The minimum absolute atomic E-state index is 0.0369. The van der Waals surface area contributed by atoms with Crippen LogP contribution in [0.2, 0.25) is 0 Å². The summed E-state index contributed by atoms with van der Waals surface area (Å²) in [5.74, 6) is -0.476. The number of aryl methyl sites for hydroxylation is 1. The first kappa shape index (κ1) is 21.5. The maximum Gasteiger partial charge on any atom is 0.337 e. The van der Waals surface area contributed by atoms with Crippen LogP contribution in [-0.2, 0) is 14.8 Å². The lowest BCUT2D eigenvalue weighted by atomic mass is 10.0. The number of benzene rings is 2. The number of nitrogens with one attached hydrogen (secondary N) is 1. The summed E-state index contributed by atoms with van der Waals surface area (Å²) < 4.78 is 34.5. The van der Waals surface area contributed by atoms with Gasteiger partial charge in [-0.2, -0.15) is 5.26 Å². The van der Waals surface area contributed by atoms with Crippen molar-refractivity contribution in [1.82, 2.24) is 4.98 Å². The zero-order chi connectivity index (χ0) is 22.9. The number of hydrogen-bond donors (Lipinski definition) is 1. The summed E-state index contributed by atoms with van der Waals surface area (Å²) in [5.41, 5.74) is 3.28. The first-order valence-electron chi connectivity index (χ1n) is 10.1. The van der Waals surface area contributed by atoms with E-state index in [1.54, 1.807) is 43.5 Å². The molecule has 1 saturated carbocycles. The lowest BCUT2D eigenvalue weighted by Crippen LogP contribution is -2.17. The van der Waals surface area contributed by atoms with Crippen LogP contribution >= 0.6 is 0 Å². The number of methoxy groups -OCH3 is 1. The standard InChI is InChI=1S/C24H21N3O4S/c1-15-11-16(14-25)12-21(23(15)20-5-3-4-10-26-20)27-32(29,30)22-13-18(24(28)31-2)8-9-19(22)17-6-7-17/h3-5,8-13,17,27H,6-7H2,1-2H3. The SMILES string of the molecule is COC(=O)c1ccc(C2CC2)c(S(=O)(=O)Nc2cc(C#N)cc(C)c2-c2ccccn2)c1. The highest BCUT2D eigenvalue weighted by atomic mass is 32.2. The molecule has 1 aromatic heterocycles. The predicted octanol–water partition coefficient (Wildman–Crippen LogP) is 4.39. The molecule has 0 aliphatic heterocycles. The Morgan fingerprint density at radius 3 is 2.59 bits per heavy atom. The van der Waals surface area contributed by atoms with Crippen LogP contribution in [0.15, 0.2) is 59.6 Å². The Kier molecular flexibility index (Phi) is 5.68. The van der Waals surface area contributed by atoms with Crippen LogP contribution in [0.4, 0.5) is 5.69 Å². The van der Waals surface area contributed by atoms with Gasteiger partial charge in [0.2, 0.25) is 0 Å². The van der Waals surface area contributed by atoms with Gasteiger partial charge in [-0.25, -0.2) is 13.2 Å². The van der Waals surface area contributed by atoms with Crippen molar-refractivity contribution in [3.63, 3.8) is 0 Å². The summed E-state index contributed by atoms with van der Waals surface area (Å²) in [7, 11) is -2.83. The van der Waals surface area contributed by atoms with Crippen LogP contribution in [0.1, 0.15) is 45.8 Å². The van der Waals surface area contributed by atoms with E-state index < -0.39 is 16.0 Å². The zero-order valence-corrected chi connectivity index (χ0v) is 18.4. The number of sulfonamides is 1. The fraction of sp³-hybridized carbons (Fsp3) is 0.208. The Labute approximate surface area is 186 Å². The lowest BCUT2D eigenvalue weighted by Gasteiger charge is -2.17. The molecule has 0 bridgehead atoms. The highest BCUT2D eigenvalue weighted by Gasteiger charge is 2.32. The maximum absolute atomic E-state index is 13.5. The van der Waals surface area contributed by atoms with E-state index in [-0.39, 0.29) is 22.1 Å². The van der Waals surface area contributed by atoms with E-state index in [1.807, 2.05) is 6.07 Å². The number of nitriles is 1. The van der Waals surface area contributed by atoms with Crippen molar-refractivity contribution in [3.05, 3.63) is 77.0 Å². The molecule has 7 nitrogen and oxygen atoms in total. The molecule has 0 amide bonds. The second-order valence-electron chi connectivity index (χ2n) is 7.67. The Balaban J connectivity index is 1.85. The van der Waals surface area contributed by atoms with Crippen LogP contribution in [0.3, 0.4) is 0 Å². The molecule has 1 aliphatic rings. The summed E-state index contributed by atoms with van der Waals surface area (Å²) in [6.07, 6.45) is 3.40. The van der Waals surface area contributed by atoms with Gasteiger partial charge in [0.25, 0.3) is 10.0 Å². The number of pyridine rings is 1. The van der Waals surface area contributed by atoms with E-state index in [0.29, 0.717) is 27.9 Å². The largest absolute Gasteiger partial charge is 0.465 e. The van der Waals surface area contributed by atoms with Crippen molar-refractivity contribution < 1.29 is 17.9 Å². The summed E-state index contributed by atoms with van der Waals surface area (Å²) in [6, 6.07) is 15.2. The molecule has 0 unspecified atom stereocenters. The number of anilines is 1. The topological polar surface area (TPSA) is 109 Å². The fourth-order valence-corrected chi connectivity index (χ4v) is 5.11. The Morgan fingerprint density at radius 2 is 1.97 bits per heavy atom. The molecular weight excluding hydrogens is 426 g/mol. The second-order valence-corrected chi connectivity index (χ2v) is 9.32. The van der Waals surface area contributed by atoms with Crippen molar-refractivity contribution in [3.8, 4) is 17.3 Å². The van der Waals surface area contributed by atoms with E-state index in [4.69, 9.17) is 4.74 Å². The Morgan fingerprint density at radius 1 is 1.19 bits per heavy atom. The van der Waals surface area contributed by atoms with Gasteiger partial charge in [-0.15, -0.1) is 0 Å². The average Bonchev–Trinajstić information content (AvgIpc) is 3.63. The molecule has 1 N–H and O–H groups in total. The first-order valence-corrected chi connectivity index (χ1v) is 11.5. The molecule has 2 aromatic carbocycles. The third-order valence-electron chi connectivity index (χ3n) is 5.37. The van der Waals surface area contributed by atoms with Gasteiger partial charge in [0.15, 0.2) is 0 Å². The molecule has 162 valence electrons. The van der Waals surface area contributed by atoms with Gasteiger partial charge in [0.05, 0.1) is 40.6 Å². The number of carbonyl (C=O) groups excluding carboxylic acids is 1. The summed E-state index contributed by atoms with van der Waals surface area (Å²) in [6.45, 7) is 1.80. The molecule has 1 fully saturated rings. The molecule has 1 heterocycles. The molecule has 0 radical (unpaired) electrons.